The summed E-state index contributed by atoms with van der Waals surface area (Å²) in [6, 6.07) is 1.44. The molecule has 2 heteroatoms. The normalized spacial score (nSPS) is 40.3. The van der Waals surface area contributed by atoms with E-state index in [2.05, 4.69) is 19.2 Å². The van der Waals surface area contributed by atoms with Crippen molar-refractivity contribution in [3.05, 3.63) is 0 Å². The van der Waals surface area contributed by atoms with Crippen molar-refractivity contribution < 1.29 is 4.74 Å². The first-order valence-electron chi connectivity index (χ1n) is 6.09. The fourth-order valence-corrected chi connectivity index (χ4v) is 2.71. The van der Waals surface area contributed by atoms with Gasteiger partial charge >= 0.3 is 0 Å². The standard InChI is InChI=1S/C12H23NO/c1-9-6-12(7-9)13-10(2)11-4-3-5-14-8-11/h9-13H,3-8H2,1-2H3. The molecule has 1 N–H and O–H groups in total. The largest absolute Gasteiger partial charge is 0.381 e. The molecule has 0 aromatic rings. The number of hydrogen-bond acceptors (Lipinski definition) is 2. The quantitative estimate of drug-likeness (QED) is 0.749. The Labute approximate surface area is 87.4 Å². The third-order valence-electron chi connectivity index (χ3n) is 3.77. The zero-order valence-corrected chi connectivity index (χ0v) is 9.46. The van der Waals surface area contributed by atoms with Crippen molar-refractivity contribution in [2.75, 3.05) is 13.2 Å². The van der Waals surface area contributed by atoms with Gasteiger partial charge in [0.05, 0.1) is 6.61 Å². The van der Waals surface area contributed by atoms with Gasteiger partial charge in [0.1, 0.15) is 0 Å². The summed E-state index contributed by atoms with van der Waals surface area (Å²) in [7, 11) is 0. The molecule has 0 radical (unpaired) electrons. The Hall–Kier alpha value is -0.0800. The minimum atomic E-state index is 0.646. The monoisotopic (exact) mass is 197 g/mol. The van der Waals surface area contributed by atoms with Crippen molar-refractivity contribution in [3.8, 4) is 0 Å². The fraction of sp³-hybridized carbons (Fsp3) is 1.00. The zero-order chi connectivity index (χ0) is 9.97. The Morgan fingerprint density at radius 3 is 2.71 bits per heavy atom. The molecule has 1 heterocycles. The van der Waals surface area contributed by atoms with Crippen LogP contribution < -0.4 is 5.32 Å². The van der Waals surface area contributed by atoms with E-state index in [-0.39, 0.29) is 0 Å². The van der Waals surface area contributed by atoms with Gasteiger partial charge < -0.3 is 10.1 Å². The van der Waals surface area contributed by atoms with Gasteiger partial charge in [0, 0.05) is 18.7 Å². The Morgan fingerprint density at radius 2 is 2.14 bits per heavy atom. The van der Waals surface area contributed by atoms with Crippen LogP contribution in [-0.4, -0.2) is 25.3 Å². The molecule has 82 valence electrons. The lowest BCUT2D eigenvalue weighted by Crippen LogP contribution is -2.48. The molecule has 2 rings (SSSR count). The van der Waals surface area contributed by atoms with Crippen LogP contribution >= 0.6 is 0 Å². The van der Waals surface area contributed by atoms with Crippen LogP contribution in [0.3, 0.4) is 0 Å². The highest BCUT2D eigenvalue weighted by Gasteiger charge is 2.29. The summed E-state index contributed by atoms with van der Waals surface area (Å²) in [6.07, 6.45) is 5.34. The lowest BCUT2D eigenvalue weighted by Gasteiger charge is -2.38. The van der Waals surface area contributed by atoms with Crippen molar-refractivity contribution in [2.24, 2.45) is 11.8 Å². The van der Waals surface area contributed by atoms with Gasteiger partial charge in [-0.15, -0.1) is 0 Å². The molecular formula is C12H23NO. The summed E-state index contributed by atoms with van der Waals surface area (Å²) >= 11 is 0. The Kier molecular flexibility index (Phi) is 3.45. The minimum absolute atomic E-state index is 0.646. The predicted octanol–water partition coefficient (Wildman–Crippen LogP) is 2.19. The van der Waals surface area contributed by atoms with E-state index in [1.165, 1.54) is 25.7 Å². The van der Waals surface area contributed by atoms with Crippen molar-refractivity contribution in [2.45, 2.75) is 51.6 Å². The number of hydrogen-bond donors (Lipinski definition) is 1. The van der Waals surface area contributed by atoms with Gasteiger partial charge in [-0.25, -0.2) is 0 Å². The smallest absolute Gasteiger partial charge is 0.0509 e. The Bertz CT molecular complexity index is 171. The highest BCUT2D eigenvalue weighted by atomic mass is 16.5. The maximum Gasteiger partial charge on any atom is 0.0509 e. The Morgan fingerprint density at radius 1 is 1.36 bits per heavy atom. The van der Waals surface area contributed by atoms with E-state index in [0.717, 1.165) is 31.1 Å². The number of nitrogens with one attached hydrogen (secondary N) is 1. The highest BCUT2D eigenvalue weighted by molar-refractivity contribution is 4.86. The average Bonchev–Trinajstić information content (AvgIpc) is 2.17. The Balaban J connectivity index is 1.69. The lowest BCUT2D eigenvalue weighted by atomic mass is 9.80. The van der Waals surface area contributed by atoms with E-state index in [1.54, 1.807) is 0 Å². The van der Waals surface area contributed by atoms with Crippen LogP contribution in [0.15, 0.2) is 0 Å². The van der Waals surface area contributed by atoms with E-state index in [9.17, 15) is 0 Å². The molecular weight excluding hydrogens is 174 g/mol. The van der Waals surface area contributed by atoms with Crippen LogP contribution in [0, 0.1) is 11.8 Å². The maximum atomic E-state index is 5.52. The predicted molar refractivity (Wildman–Crippen MR) is 58.3 cm³/mol. The number of ether oxygens (including phenoxy) is 1. The minimum Gasteiger partial charge on any atom is -0.381 e. The van der Waals surface area contributed by atoms with Crippen molar-refractivity contribution in [1.29, 1.82) is 0 Å². The van der Waals surface area contributed by atoms with Gasteiger partial charge in [0.15, 0.2) is 0 Å². The molecule has 2 atom stereocenters. The van der Waals surface area contributed by atoms with Gasteiger partial charge in [-0.05, 0) is 44.4 Å². The van der Waals surface area contributed by atoms with Crippen LogP contribution in [-0.2, 0) is 4.74 Å². The molecule has 2 aliphatic rings. The molecule has 14 heavy (non-hydrogen) atoms. The first-order valence-corrected chi connectivity index (χ1v) is 6.09. The van der Waals surface area contributed by atoms with Crippen LogP contribution in [0.5, 0.6) is 0 Å². The highest BCUT2D eigenvalue weighted by Crippen LogP contribution is 2.28. The second kappa shape index (κ2) is 4.63. The summed E-state index contributed by atoms with van der Waals surface area (Å²) < 4.78 is 5.52. The van der Waals surface area contributed by atoms with Crippen LogP contribution in [0.25, 0.3) is 0 Å². The molecule has 2 nitrogen and oxygen atoms in total. The average molecular weight is 197 g/mol. The third-order valence-corrected chi connectivity index (χ3v) is 3.77. The van der Waals surface area contributed by atoms with E-state index in [0.29, 0.717) is 6.04 Å². The van der Waals surface area contributed by atoms with Crippen LogP contribution in [0.2, 0.25) is 0 Å². The van der Waals surface area contributed by atoms with Gasteiger partial charge in [-0.3, -0.25) is 0 Å². The molecule has 1 saturated carbocycles. The summed E-state index contributed by atoms with van der Waals surface area (Å²) in [4.78, 5) is 0. The van der Waals surface area contributed by atoms with Gasteiger partial charge in [-0.1, -0.05) is 6.92 Å². The van der Waals surface area contributed by atoms with E-state index < -0.39 is 0 Å². The second-order valence-electron chi connectivity index (χ2n) is 5.21. The molecule has 2 unspecified atom stereocenters. The van der Waals surface area contributed by atoms with E-state index >= 15 is 0 Å². The SMILES string of the molecule is CC1CC(NC(C)C2CCCOC2)C1. The van der Waals surface area contributed by atoms with Gasteiger partial charge in [-0.2, -0.15) is 0 Å². The number of rotatable bonds is 3. The molecule has 1 aliphatic heterocycles. The third kappa shape index (κ3) is 2.48. The van der Waals surface area contributed by atoms with Crippen molar-refractivity contribution >= 4 is 0 Å². The molecule has 1 saturated heterocycles. The zero-order valence-electron chi connectivity index (χ0n) is 9.46. The first-order chi connectivity index (χ1) is 6.75. The summed E-state index contributed by atoms with van der Waals surface area (Å²) in [6.45, 7) is 6.61. The molecule has 2 fully saturated rings. The summed E-state index contributed by atoms with van der Waals surface area (Å²) in [5, 5.41) is 3.74. The summed E-state index contributed by atoms with van der Waals surface area (Å²) in [5.41, 5.74) is 0. The molecule has 0 amide bonds. The van der Waals surface area contributed by atoms with Gasteiger partial charge in [0.2, 0.25) is 0 Å². The molecule has 0 bridgehead atoms. The van der Waals surface area contributed by atoms with E-state index in [1.807, 2.05) is 0 Å². The van der Waals surface area contributed by atoms with Gasteiger partial charge in [0.25, 0.3) is 0 Å². The topological polar surface area (TPSA) is 21.3 Å². The van der Waals surface area contributed by atoms with Crippen molar-refractivity contribution in [3.63, 3.8) is 0 Å². The summed E-state index contributed by atoms with van der Waals surface area (Å²) in [5.74, 6) is 1.70. The van der Waals surface area contributed by atoms with Crippen LogP contribution in [0.1, 0.15) is 39.5 Å². The van der Waals surface area contributed by atoms with E-state index in [4.69, 9.17) is 4.74 Å². The first kappa shape index (κ1) is 10.4. The lowest BCUT2D eigenvalue weighted by molar-refractivity contribution is 0.0365. The molecule has 0 aromatic carbocycles. The fourth-order valence-electron chi connectivity index (χ4n) is 2.71. The molecule has 0 spiro atoms. The van der Waals surface area contributed by atoms with Crippen molar-refractivity contribution in [1.82, 2.24) is 5.32 Å². The van der Waals surface area contributed by atoms with Crippen LogP contribution in [0.4, 0.5) is 0 Å². The molecule has 0 aromatic heterocycles. The second-order valence-corrected chi connectivity index (χ2v) is 5.21. The molecule has 1 aliphatic carbocycles. The maximum absolute atomic E-state index is 5.52.